The van der Waals surface area contributed by atoms with Gasteiger partial charge in [0.1, 0.15) is 0 Å². The van der Waals surface area contributed by atoms with E-state index in [4.69, 9.17) is 0 Å². The number of hydrogen-bond acceptors (Lipinski definition) is 5. The SMILES string of the molecule is Cc1[nH]c(=O)[nH]c(=O)c1/C=N\NC(=O)[C@@H]1CCCN1. The van der Waals surface area contributed by atoms with Gasteiger partial charge in [0.2, 0.25) is 0 Å². The quantitative estimate of drug-likeness (QED) is 0.396. The van der Waals surface area contributed by atoms with Crippen LogP contribution in [-0.4, -0.2) is 34.7 Å². The average Bonchev–Trinajstić information content (AvgIpc) is 2.85. The van der Waals surface area contributed by atoms with Gasteiger partial charge in [-0.1, -0.05) is 0 Å². The zero-order valence-electron chi connectivity index (χ0n) is 10.4. The Hall–Kier alpha value is -2.22. The maximum absolute atomic E-state index is 11.6. The van der Waals surface area contributed by atoms with E-state index in [0.717, 1.165) is 19.4 Å². The van der Waals surface area contributed by atoms with Crippen molar-refractivity contribution in [1.82, 2.24) is 20.7 Å². The van der Waals surface area contributed by atoms with E-state index >= 15 is 0 Å². The highest BCUT2D eigenvalue weighted by atomic mass is 16.2. The van der Waals surface area contributed by atoms with E-state index in [1.54, 1.807) is 6.92 Å². The smallest absolute Gasteiger partial charge is 0.311 e. The maximum Gasteiger partial charge on any atom is 0.325 e. The number of H-pyrrole nitrogens is 2. The molecule has 1 aliphatic heterocycles. The number of aryl methyl sites for hydroxylation is 1. The van der Waals surface area contributed by atoms with Crippen LogP contribution in [0.4, 0.5) is 0 Å². The number of amides is 1. The Morgan fingerprint density at radius 1 is 1.42 bits per heavy atom. The predicted molar refractivity (Wildman–Crippen MR) is 69.2 cm³/mol. The van der Waals surface area contributed by atoms with Crippen molar-refractivity contribution in [2.24, 2.45) is 5.10 Å². The lowest BCUT2D eigenvalue weighted by molar-refractivity contribution is -0.122. The predicted octanol–water partition coefficient (Wildman–Crippen LogP) is -1.43. The van der Waals surface area contributed by atoms with Crippen LogP contribution in [0.5, 0.6) is 0 Å². The van der Waals surface area contributed by atoms with Crippen LogP contribution in [0, 0.1) is 6.92 Å². The molecule has 1 aliphatic rings. The van der Waals surface area contributed by atoms with Crippen molar-refractivity contribution in [3.8, 4) is 0 Å². The summed E-state index contributed by atoms with van der Waals surface area (Å²) in [6, 6.07) is -0.230. The molecular weight excluding hydrogens is 250 g/mol. The topological polar surface area (TPSA) is 119 Å². The van der Waals surface area contributed by atoms with Crippen LogP contribution in [0.2, 0.25) is 0 Å². The number of rotatable bonds is 3. The minimum absolute atomic E-state index is 0.208. The van der Waals surface area contributed by atoms with Crippen molar-refractivity contribution in [2.75, 3.05) is 6.54 Å². The minimum Gasteiger partial charge on any atom is -0.311 e. The van der Waals surface area contributed by atoms with Gasteiger partial charge in [0.25, 0.3) is 11.5 Å². The molecule has 2 rings (SSSR count). The molecule has 8 nitrogen and oxygen atoms in total. The van der Waals surface area contributed by atoms with Crippen LogP contribution in [0.25, 0.3) is 0 Å². The van der Waals surface area contributed by atoms with Gasteiger partial charge in [-0.05, 0) is 26.3 Å². The van der Waals surface area contributed by atoms with Crippen LogP contribution in [0.15, 0.2) is 14.7 Å². The minimum atomic E-state index is -0.571. The molecular formula is C11H15N5O3. The van der Waals surface area contributed by atoms with Gasteiger partial charge in [0.15, 0.2) is 0 Å². The number of aromatic amines is 2. The Morgan fingerprint density at radius 3 is 2.84 bits per heavy atom. The van der Waals surface area contributed by atoms with Gasteiger partial charge in [-0.25, -0.2) is 10.2 Å². The van der Waals surface area contributed by atoms with E-state index < -0.39 is 11.2 Å². The lowest BCUT2D eigenvalue weighted by atomic mass is 10.2. The number of carbonyl (C=O) groups is 1. The highest BCUT2D eigenvalue weighted by Crippen LogP contribution is 2.04. The van der Waals surface area contributed by atoms with E-state index in [2.05, 4.69) is 25.8 Å². The lowest BCUT2D eigenvalue weighted by Gasteiger charge is -2.06. The Bertz CT molecular complexity index is 609. The van der Waals surface area contributed by atoms with E-state index in [1.807, 2.05) is 0 Å². The van der Waals surface area contributed by atoms with E-state index in [0.29, 0.717) is 5.69 Å². The average molecular weight is 265 g/mol. The van der Waals surface area contributed by atoms with Gasteiger partial charge >= 0.3 is 5.69 Å². The molecule has 0 radical (unpaired) electrons. The molecule has 1 aromatic rings. The number of hydrogen-bond donors (Lipinski definition) is 4. The second-order valence-corrected chi connectivity index (χ2v) is 4.33. The Kier molecular flexibility index (Phi) is 3.91. The standard InChI is InChI=1S/C11H15N5O3/c1-6-7(9(17)15-11(19)14-6)5-13-16-10(18)8-3-2-4-12-8/h5,8,12H,2-4H2,1H3,(H,16,18)(H2,14,15,17,19)/b13-5-/t8-/m0/s1. The van der Waals surface area contributed by atoms with Gasteiger partial charge < -0.3 is 10.3 Å². The van der Waals surface area contributed by atoms with Crippen LogP contribution < -0.4 is 22.0 Å². The summed E-state index contributed by atoms with van der Waals surface area (Å²) < 4.78 is 0. The fourth-order valence-corrected chi connectivity index (χ4v) is 1.91. The van der Waals surface area contributed by atoms with E-state index in [9.17, 15) is 14.4 Å². The monoisotopic (exact) mass is 265 g/mol. The van der Waals surface area contributed by atoms with Crippen molar-refractivity contribution in [3.05, 3.63) is 32.1 Å². The number of nitrogens with one attached hydrogen (secondary N) is 4. The van der Waals surface area contributed by atoms with Gasteiger partial charge in [-0.15, -0.1) is 0 Å². The molecule has 102 valence electrons. The second-order valence-electron chi connectivity index (χ2n) is 4.33. The van der Waals surface area contributed by atoms with E-state index in [-0.39, 0.29) is 17.5 Å². The fraction of sp³-hybridized carbons (Fsp3) is 0.455. The third-order valence-electron chi connectivity index (χ3n) is 2.92. The molecule has 8 heteroatoms. The normalized spacial score (nSPS) is 18.9. The highest BCUT2D eigenvalue weighted by molar-refractivity contribution is 5.85. The summed E-state index contributed by atoms with van der Waals surface area (Å²) >= 11 is 0. The molecule has 1 atom stereocenters. The van der Waals surface area contributed by atoms with Gasteiger partial charge in [0.05, 0.1) is 17.8 Å². The molecule has 0 bridgehead atoms. The summed E-state index contributed by atoms with van der Waals surface area (Å²) in [5.74, 6) is -0.229. The van der Waals surface area contributed by atoms with Crippen LogP contribution >= 0.6 is 0 Å². The first kappa shape index (κ1) is 13.2. The van der Waals surface area contributed by atoms with Crippen molar-refractivity contribution in [1.29, 1.82) is 0 Å². The van der Waals surface area contributed by atoms with Gasteiger partial charge in [-0.3, -0.25) is 14.6 Å². The third-order valence-corrected chi connectivity index (χ3v) is 2.92. The van der Waals surface area contributed by atoms with Crippen molar-refractivity contribution in [3.63, 3.8) is 0 Å². The molecule has 4 N–H and O–H groups in total. The Labute approximate surface area is 108 Å². The molecule has 1 fully saturated rings. The number of carbonyl (C=O) groups excluding carboxylic acids is 1. The molecule has 1 amide bonds. The summed E-state index contributed by atoms with van der Waals surface area (Å²) in [5, 5.41) is 6.76. The summed E-state index contributed by atoms with van der Waals surface area (Å²) in [5.41, 5.74) is 1.85. The molecule has 2 heterocycles. The van der Waals surface area contributed by atoms with Crippen LogP contribution in [0.1, 0.15) is 24.1 Å². The summed E-state index contributed by atoms with van der Waals surface area (Å²) in [4.78, 5) is 38.7. The van der Waals surface area contributed by atoms with Gasteiger partial charge in [0, 0.05) is 5.69 Å². The molecule has 1 saturated heterocycles. The fourth-order valence-electron chi connectivity index (χ4n) is 1.91. The molecule has 1 aromatic heterocycles. The Morgan fingerprint density at radius 2 is 2.21 bits per heavy atom. The van der Waals surface area contributed by atoms with Gasteiger partial charge in [-0.2, -0.15) is 5.10 Å². The number of nitrogens with zero attached hydrogens (tertiary/aromatic N) is 1. The zero-order chi connectivity index (χ0) is 13.8. The molecule has 0 saturated carbocycles. The Balaban J connectivity index is 2.05. The van der Waals surface area contributed by atoms with E-state index in [1.165, 1.54) is 6.21 Å². The van der Waals surface area contributed by atoms with Crippen molar-refractivity contribution < 1.29 is 4.79 Å². The first-order valence-corrected chi connectivity index (χ1v) is 5.97. The summed E-state index contributed by atoms with van der Waals surface area (Å²) in [7, 11) is 0. The van der Waals surface area contributed by atoms with Crippen molar-refractivity contribution in [2.45, 2.75) is 25.8 Å². The highest BCUT2D eigenvalue weighted by Gasteiger charge is 2.21. The second kappa shape index (κ2) is 5.61. The number of aromatic nitrogens is 2. The molecule has 0 spiro atoms. The molecule has 19 heavy (non-hydrogen) atoms. The zero-order valence-corrected chi connectivity index (χ0v) is 10.4. The molecule has 0 aromatic carbocycles. The van der Waals surface area contributed by atoms with Crippen molar-refractivity contribution >= 4 is 12.1 Å². The largest absolute Gasteiger partial charge is 0.325 e. The summed E-state index contributed by atoms with van der Waals surface area (Å²) in [6.45, 7) is 2.40. The number of hydrazone groups is 1. The third kappa shape index (κ3) is 3.16. The summed E-state index contributed by atoms with van der Waals surface area (Å²) in [6.07, 6.45) is 2.96. The maximum atomic E-state index is 11.6. The lowest BCUT2D eigenvalue weighted by Crippen LogP contribution is -2.38. The molecule has 0 aliphatic carbocycles. The first-order valence-electron chi connectivity index (χ1n) is 5.97. The van der Waals surface area contributed by atoms with Crippen LogP contribution in [0.3, 0.4) is 0 Å². The first-order chi connectivity index (χ1) is 9.08. The molecule has 0 unspecified atom stereocenters. The van der Waals surface area contributed by atoms with Crippen LogP contribution in [-0.2, 0) is 4.79 Å².